The van der Waals surface area contributed by atoms with Crippen LogP contribution in [0.4, 0.5) is 4.79 Å². The Bertz CT molecular complexity index is 127. The van der Waals surface area contributed by atoms with E-state index in [9.17, 15) is 4.79 Å². The first-order chi connectivity index (χ1) is 4.20. The van der Waals surface area contributed by atoms with Gasteiger partial charge in [-0.3, -0.25) is 0 Å². The standard InChI is InChI=1S/C4H9N3O2/c5-3-2(8)1-6-4(9)7-3/h2-3,8H,1,5H2,(H2,6,7,9). The number of urea groups is 1. The van der Waals surface area contributed by atoms with Gasteiger partial charge in [0.05, 0.1) is 0 Å². The first-order valence-corrected chi connectivity index (χ1v) is 2.68. The summed E-state index contributed by atoms with van der Waals surface area (Å²) in [6.07, 6.45) is -1.30. The Kier molecular flexibility index (Phi) is 1.54. The predicted molar refractivity (Wildman–Crippen MR) is 30.5 cm³/mol. The number of amides is 2. The van der Waals surface area contributed by atoms with Gasteiger partial charge in [0.15, 0.2) is 0 Å². The van der Waals surface area contributed by atoms with Crippen LogP contribution in [0.2, 0.25) is 0 Å². The number of aliphatic hydroxyl groups excluding tert-OH is 1. The number of aliphatic hydroxyl groups is 1. The van der Waals surface area contributed by atoms with E-state index in [1.807, 2.05) is 0 Å². The maximum Gasteiger partial charge on any atom is 0.316 e. The zero-order valence-corrected chi connectivity index (χ0v) is 4.79. The Balaban J connectivity index is 2.44. The molecule has 0 radical (unpaired) electrons. The van der Waals surface area contributed by atoms with Gasteiger partial charge in [0.25, 0.3) is 0 Å². The SMILES string of the molecule is NC1NC(=O)NCC1O. The van der Waals surface area contributed by atoms with Crippen molar-refractivity contribution in [3.8, 4) is 0 Å². The van der Waals surface area contributed by atoms with Gasteiger partial charge in [-0.05, 0) is 0 Å². The van der Waals surface area contributed by atoms with Crippen molar-refractivity contribution in [1.29, 1.82) is 0 Å². The van der Waals surface area contributed by atoms with E-state index in [1.165, 1.54) is 0 Å². The smallest absolute Gasteiger partial charge is 0.316 e. The molecule has 0 bridgehead atoms. The van der Waals surface area contributed by atoms with Crippen molar-refractivity contribution >= 4 is 6.03 Å². The highest BCUT2D eigenvalue weighted by atomic mass is 16.3. The fourth-order valence-electron chi connectivity index (χ4n) is 0.623. The second kappa shape index (κ2) is 2.20. The van der Waals surface area contributed by atoms with Crippen molar-refractivity contribution in [2.45, 2.75) is 12.3 Å². The molecule has 0 saturated carbocycles. The molecule has 5 nitrogen and oxygen atoms in total. The third-order valence-electron chi connectivity index (χ3n) is 1.18. The predicted octanol–water partition coefficient (Wildman–Crippen LogP) is -2.06. The molecule has 0 aromatic carbocycles. The summed E-state index contributed by atoms with van der Waals surface area (Å²) in [4.78, 5) is 10.4. The van der Waals surface area contributed by atoms with Crippen LogP contribution in [0.1, 0.15) is 0 Å². The maximum absolute atomic E-state index is 10.4. The van der Waals surface area contributed by atoms with Gasteiger partial charge in [-0.25, -0.2) is 4.79 Å². The van der Waals surface area contributed by atoms with Crippen LogP contribution in [0.5, 0.6) is 0 Å². The van der Waals surface area contributed by atoms with Gasteiger partial charge in [0.2, 0.25) is 0 Å². The van der Waals surface area contributed by atoms with Crippen LogP contribution in [-0.4, -0.2) is 30.0 Å². The average molecular weight is 131 g/mol. The molecule has 9 heavy (non-hydrogen) atoms. The van der Waals surface area contributed by atoms with Gasteiger partial charge in [-0.2, -0.15) is 0 Å². The molecule has 1 aliphatic rings. The summed E-state index contributed by atoms with van der Waals surface area (Å²) in [6.45, 7) is 0.229. The van der Waals surface area contributed by atoms with Crippen LogP contribution in [0.25, 0.3) is 0 Å². The molecule has 52 valence electrons. The van der Waals surface area contributed by atoms with E-state index >= 15 is 0 Å². The molecule has 5 heteroatoms. The highest BCUT2D eigenvalue weighted by molar-refractivity contribution is 5.75. The summed E-state index contributed by atoms with van der Waals surface area (Å²) in [7, 11) is 0. The lowest BCUT2D eigenvalue weighted by Crippen LogP contribution is -2.61. The monoisotopic (exact) mass is 131 g/mol. The minimum Gasteiger partial charge on any atom is -0.388 e. The highest BCUT2D eigenvalue weighted by Crippen LogP contribution is 1.89. The Morgan fingerprint density at radius 3 is 2.89 bits per heavy atom. The molecule has 1 fully saturated rings. The lowest BCUT2D eigenvalue weighted by atomic mass is 10.2. The van der Waals surface area contributed by atoms with Crippen molar-refractivity contribution in [3.63, 3.8) is 0 Å². The van der Waals surface area contributed by atoms with Crippen molar-refractivity contribution in [3.05, 3.63) is 0 Å². The summed E-state index contributed by atoms with van der Waals surface area (Å²) >= 11 is 0. The van der Waals surface area contributed by atoms with Gasteiger partial charge in [-0.1, -0.05) is 0 Å². The zero-order chi connectivity index (χ0) is 6.85. The van der Waals surface area contributed by atoms with Gasteiger partial charge in [0, 0.05) is 6.54 Å². The first-order valence-electron chi connectivity index (χ1n) is 2.68. The summed E-state index contributed by atoms with van der Waals surface area (Å²) in [5.74, 6) is 0. The fraction of sp³-hybridized carbons (Fsp3) is 0.750. The van der Waals surface area contributed by atoms with E-state index in [4.69, 9.17) is 10.8 Å². The van der Waals surface area contributed by atoms with E-state index < -0.39 is 12.3 Å². The summed E-state index contributed by atoms with van der Waals surface area (Å²) in [5.41, 5.74) is 5.25. The third kappa shape index (κ3) is 1.30. The molecule has 1 heterocycles. The molecular formula is C4H9N3O2. The topological polar surface area (TPSA) is 87.4 Å². The Morgan fingerprint density at radius 2 is 2.44 bits per heavy atom. The fourth-order valence-corrected chi connectivity index (χ4v) is 0.623. The summed E-state index contributed by atoms with van der Waals surface area (Å²) < 4.78 is 0. The van der Waals surface area contributed by atoms with E-state index in [1.54, 1.807) is 0 Å². The molecule has 0 aliphatic carbocycles. The first kappa shape index (κ1) is 6.31. The zero-order valence-electron chi connectivity index (χ0n) is 4.79. The lowest BCUT2D eigenvalue weighted by molar-refractivity contribution is 0.114. The van der Waals surface area contributed by atoms with Crippen LogP contribution in [0.3, 0.4) is 0 Å². The maximum atomic E-state index is 10.4. The van der Waals surface area contributed by atoms with Crippen LogP contribution >= 0.6 is 0 Å². The number of nitrogens with two attached hydrogens (primary N) is 1. The molecule has 2 amide bonds. The number of hydrogen-bond acceptors (Lipinski definition) is 3. The van der Waals surface area contributed by atoms with Crippen molar-refractivity contribution in [1.82, 2.24) is 10.6 Å². The summed E-state index contributed by atoms with van der Waals surface area (Å²) in [6, 6.07) is -0.326. The third-order valence-corrected chi connectivity index (χ3v) is 1.18. The largest absolute Gasteiger partial charge is 0.388 e. The second-order valence-electron chi connectivity index (χ2n) is 1.95. The number of carbonyl (C=O) groups is 1. The van der Waals surface area contributed by atoms with Crippen molar-refractivity contribution in [2.24, 2.45) is 5.73 Å². The van der Waals surface area contributed by atoms with Gasteiger partial charge >= 0.3 is 6.03 Å². The molecule has 1 rings (SSSR count). The molecule has 1 aliphatic heterocycles. The molecule has 2 unspecified atom stereocenters. The van der Waals surface area contributed by atoms with Crippen LogP contribution in [0, 0.1) is 0 Å². The van der Waals surface area contributed by atoms with Gasteiger partial charge in [0.1, 0.15) is 12.3 Å². The number of rotatable bonds is 0. The second-order valence-corrected chi connectivity index (χ2v) is 1.95. The minimum atomic E-state index is -0.678. The molecule has 2 atom stereocenters. The van der Waals surface area contributed by atoms with Crippen LogP contribution < -0.4 is 16.4 Å². The number of nitrogens with one attached hydrogen (secondary N) is 2. The van der Waals surface area contributed by atoms with Crippen LogP contribution in [0.15, 0.2) is 0 Å². The van der Waals surface area contributed by atoms with Gasteiger partial charge < -0.3 is 21.5 Å². The highest BCUT2D eigenvalue weighted by Gasteiger charge is 2.21. The van der Waals surface area contributed by atoms with Crippen molar-refractivity contribution in [2.75, 3.05) is 6.54 Å². The molecular weight excluding hydrogens is 122 g/mol. The van der Waals surface area contributed by atoms with E-state index in [2.05, 4.69) is 10.6 Å². The van der Waals surface area contributed by atoms with Gasteiger partial charge in [-0.15, -0.1) is 0 Å². The average Bonchev–Trinajstić information content (AvgIpc) is 1.80. The number of β-amino-alcohol motifs (C(OH)–C–C–N with tert-alkyl or cyclic N) is 1. The Hall–Kier alpha value is -0.810. The van der Waals surface area contributed by atoms with E-state index in [0.29, 0.717) is 0 Å². The quantitative estimate of drug-likeness (QED) is 0.305. The lowest BCUT2D eigenvalue weighted by Gasteiger charge is -2.25. The van der Waals surface area contributed by atoms with E-state index in [-0.39, 0.29) is 12.6 Å². The van der Waals surface area contributed by atoms with Crippen LogP contribution in [-0.2, 0) is 0 Å². The number of hydrogen-bond donors (Lipinski definition) is 4. The Labute approximate surface area is 52.2 Å². The molecule has 5 N–H and O–H groups in total. The Morgan fingerprint density at radius 1 is 1.78 bits per heavy atom. The molecule has 0 aromatic heterocycles. The number of carbonyl (C=O) groups excluding carboxylic acids is 1. The molecule has 1 saturated heterocycles. The normalized spacial score (nSPS) is 35.1. The van der Waals surface area contributed by atoms with Crippen molar-refractivity contribution < 1.29 is 9.90 Å². The minimum absolute atomic E-state index is 0.229. The van der Waals surface area contributed by atoms with E-state index in [0.717, 1.165) is 0 Å². The molecule has 0 spiro atoms. The summed E-state index contributed by atoms with van der Waals surface area (Å²) in [5, 5.41) is 13.6. The molecule has 0 aromatic rings.